The second kappa shape index (κ2) is 5.74. The van der Waals surface area contributed by atoms with Gasteiger partial charge in [0.25, 0.3) is 0 Å². The Kier molecular flexibility index (Phi) is 4.54. The van der Waals surface area contributed by atoms with E-state index < -0.39 is 29.1 Å². The maximum Gasteiger partial charge on any atom is 0.573 e. The Balaban J connectivity index is 3.30. The summed E-state index contributed by atoms with van der Waals surface area (Å²) in [5, 5.41) is 0. The molecule has 0 amide bonds. The summed E-state index contributed by atoms with van der Waals surface area (Å²) < 4.78 is 44.3. The van der Waals surface area contributed by atoms with Crippen LogP contribution < -0.4 is 15.9 Å². The van der Waals surface area contributed by atoms with Crippen LogP contribution in [0, 0.1) is 0 Å². The molecule has 0 aliphatic rings. The summed E-state index contributed by atoms with van der Waals surface area (Å²) in [6, 6.07) is 0. The third kappa shape index (κ3) is 3.71. The molecule has 19 heavy (non-hydrogen) atoms. The molecule has 0 aliphatic carbocycles. The number of nitrogens with one attached hydrogen (secondary N) is 1. The first kappa shape index (κ1) is 15.0. The normalized spacial score (nSPS) is 11.2. The van der Waals surface area contributed by atoms with E-state index in [1.165, 1.54) is 6.92 Å². The van der Waals surface area contributed by atoms with Crippen LogP contribution in [0.1, 0.15) is 23.0 Å². The van der Waals surface area contributed by atoms with E-state index in [9.17, 15) is 22.8 Å². The minimum absolute atomic E-state index is 0.0297. The summed E-state index contributed by atoms with van der Waals surface area (Å²) in [6.45, 7) is 1.21. The lowest BCUT2D eigenvalue weighted by atomic mass is 10.2. The van der Waals surface area contributed by atoms with Gasteiger partial charge >= 0.3 is 12.3 Å². The van der Waals surface area contributed by atoms with Gasteiger partial charge in [-0.3, -0.25) is 4.79 Å². The SMILES string of the molecule is CCOC(=O)c1c(CN)[nH]cc(OC(F)(F)F)c1=O. The van der Waals surface area contributed by atoms with Gasteiger partial charge in [0.1, 0.15) is 5.56 Å². The summed E-state index contributed by atoms with van der Waals surface area (Å²) >= 11 is 0. The number of esters is 1. The largest absolute Gasteiger partial charge is 0.573 e. The number of nitrogens with two attached hydrogens (primary N) is 1. The van der Waals surface area contributed by atoms with Gasteiger partial charge in [-0.15, -0.1) is 13.2 Å². The number of carbonyl (C=O) groups is 1. The first-order chi connectivity index (χ1) is 8.80. The second-order valence-electron chi connectivity index (χ2n) is 3.31. The van der Waals surface area contributed by atoms with Gasteiger partial charge in [-0.05, 0) is 6.92 Å². The minimum atomic E-state index is -5.04. The summed E-state index contributed by atoms with van der Waals surface area (Å²) in [6.07, 6.45) is -4.34. The zero-order valence-corrected chi connectivity index (χ0v) is 9.84. The molecular formula is C10H11F3N2O4. The third-order valence-electron chi connectivity index (χ3n) is 2.04. The number of hydrogen-bond donors (Lipinski definition) is 2. The topological polar surface area (TPSA) is 94.4 Å². The van der Waals surface area contributed by atoms with Crippen molar-refractivity contribution in [1.82, 2.24) is 4.98 Å². The van der Waals surface area contributed by atoms with Gasteiger partial charge in [0.05, 0.1) is 6.61 Å². The molecule has 0 saturated carbocycles. The molecule has 0 fully saturated rings. The molecular weight excluding hydrogens is 269 g/mol. The van der Waals surface area contributed by atoms with Crippen molar-refractivity contribution in [3.8, 4) is 5.75 Å². The number of aromatic nitrogens is 1. The molecule has 1 aromatic heterocycles. The molecule has 1 aromatic rings. The molecule has 6 nitrogen and oxygen atoms in total. The Bertz CT molecular complexity index is 524. The fraction of sp³-hybridized carbons (Fsp3) is 0.400. The molecule has 0 unspecified atom stereocenters. The van der Waals surface area contributed by atoms with Gasteiger partial charge in [0.15, 0.2) is 5.75 Å². The van der Waals surface area contributed by atoms with Gasteiger partial charge < -0.3 is 20.2 Å². The number of hydrogen-bond acceptors (Lipinski definition) is 5. The van der Waals surface area contributed by atoms with Gasteiger partial charge in [-0.25, -0.2) is 4.79 Å². The summed E-state index contributed by atoms with van der Waals surface area (Å²) in [5.74, 6) is -2.11. The highest BCUT2D eigenvalue weighted by molar-refractivity contribution is 5.90. The Morgan fingerprint density at radius 2 is 2.11 bits per heavy atom. The van der Waals surface area contributed by atoms with Crippen LogP contribution in [0.2, 0.25) is 0 Å². The second-order valence-corrected chi connectivity index (χ2v) is 3.31. The lowest BCUT2D eigenvalue weighted by molar-refractivity contribution is -0.275. The number of alkyl halides is 3. The quantitative estimate of drug-likeness (QED) is 0.799. The number of rotatable bonds is 4. The van der Waals surface area contributed by atoms with E-state index in [-0.39, 0.29) is 18.8 Å². The van der Waals surface area contributed by atoms with Gasteiger partial charge in [-0.2, -0.15) is 0 Å². The molecule has 0 spiro atoms. The van der Waals surface area contributed by atoms with Crippen LogP contribution in [0.25, 0.3) is 0 Å². The van der Waals surface area contributed by atoms with Gasteiger partial charge in [0, 0.05) is 18.4 Å². The maximum atomic E-state index is 12.1. The Hall–Kier alpha value is -2.03. The number of halogens is 3. The van der Waals surface area contributed by atoms with E-state index in [0.717, 1.165) is 0 Å². The predicted molar refractivity (Wildman–Crippen MR) is 57.6 cm³/mol. The zero-order valence-electron chi connectivity index (χ0n) is 9.84. The van der Waals surface area contributed by atoms with Crippen LogP contribution in [0.5, 0.6) is 5.75 Å². The van der Waals surface area contributed by atoms with Crippen molar-refractivity contribution in [2.75, 3.05) is 6.61 Å². The van der Waals surface area contributed by atoms with Crippen molar-refractivity contribution < 1.29 is 27.4 Å². The smallest absolute Gasteiger partial charge is 0.462 e. The Morgan fingerprint density at radius 1 is 1.47 bits per heavy atom. The fourth-order valence-electron chi connectivity index (χ4n) is 1.33. The predicted octanol–water partition coefficient (Wildman–Crippen LogP) is 0.909. The Morgan fingerprint density at radius 3 is 2.58 bits per heavy atom. The molecule has 1 rings (SSSR count). The molecule has 1 heterocycles. The van der Waals surface area contributed by atoms with Crippen LogP contribution >= 0.6 is 0 Å². The molecule has 0 aromatic carbocycles. The number of H-pyrrole nitrogens is 1. The molecule has 9 heteroatoms. The summed E-state index contributed by atoms with van der Waals surface area (Å²) in [7, 11) is 0. The van der Waals surface area contributed by atoms with Crippen molar-refractivity contribution >= 4 is 5.97 Å². The minimum Gasteiger partial charge on any atom is -0.462 e. The van der Waals surface area contributed by atoms with E-state index >= 15 is 0 Å². The maximum absolute atomic E-state index is 12.1. The first-order valence-electron chi connectivity index (χ1n) is 5.17. The standard InChI is InChI=1S/C10H11F3N2O4/c1-2-18-9(17)7-5(3-14)15-4-6(8(7)16)19-10(11,12)13/h4H,2-3,14H2,1H3,(H,15,16). The van der Waals surface area contributed by atoms with Crippen LogP contribution in [0.3, 0.4) is 0 Å². The van der Waals surface area contributed by atoms with Crippen molar-refractivity contribution in [3.63, 3.8) is 0 Å². The van der Waals surface area contributed by atoms with E-state index in [4.69, 9.17) is 5.73 Å². The molecule has 0 atom stereocenters. The highest BCUT2D eigenvalue weighted by Gasteiger charge is 2.33. The summed E-state index contributed by atoms with van der Waals surface area (Å²) in [4.78, 5) is 25.6. The van der Waals surface area contributed by atoms with Crippen LogP contribution in [-0.2, 0) is 11.3 Å². The van der Waals surface area contributed by atoms with E-state index in [2.05, 4.69) is 14.5 Å². The molecule has 0 bridgehead atoms. The van der Waals surface area contributed by atoms with Crippen LogP contribution in [0.4, 0.5) is 13.2 Å². The van der Waals surface area contributed by atoms with Crippen molar-refractivity contribution in [2.45, 2.75) is 19.8 Å². The average molecular weight is 280 g/mol. The van der Waals surface area contributed by atoms with E-state index in [1.807, 2.05) is 0 Å². The molecule has 3 N–H and O–H groups in total. The van der Waals surface area contributed by atoms with Gasteiger partial charge in [0.2, 0.25) is 5.43 Å². The Labute approximate surface area is 105 Å². The molecule has 106 valence electrons. The van der Waals surface area contributed by atoms with E-state index in [0.29, 0.717) is 6.20 Å². The van der Waals surface area contributed by atoms with Crippen LogP contribution in [-0.4, -0.2) is 23.9 Å². The zero-order chi connectivity index (χ0) is 14.6. The highest BCUT2D eigenvalue weighted by Crippen LogP contribution is 2.20. The lowest BCUT2D eigenvalue weighted by Gasteiger charge is -2.11. The van der Waals surface area contributed by atoms with Crippen LogP contribution in [0.15, 0.2) is 11.0 Å². The van der Waals surface area contributed by atoms with Crippen molar-refractivity contribution in [1.29, 1.82) is 0 Å². The third-order valence-corrected chi connectivity index (χ3v) is 2.04. The lowest BCUT2D eigenvalue weighted by Crippen LogP contribution is -2.28. The van der Waals surface area contributed by atoms with Crippen molar-refractivity contribution in [3.05, 3.63) is 27.7 Å². The highest BCUT2D eigenvalue weighted by atomic mass is 19.4. The van der Waals surface area contributed by atoms with Crippen molar-refractivity contribution in [2.24, 2.45) is 5.73 Å². The monoisotopic (exact) mass is 280 g/mol. The fourth-order valence-corrected chi connectivity index (χ4v) is 1.33. The molecule has 0 radical (unpaired) electrons. The number of pyridine rings is 1. The van der Waals surface area contributed by atoms with Gasteiger partial charge in [-0.1, -0.05) is 0 Å². The molecule has 0 aliphatic heterocycles. The molecule has 0 saturated heterocycles. The first-order valence-corrected chi connectivity index (χ1v) is 5.17. The average Bonchev–Trinajstić information content (AvgIpc) is 2.30. The number of carbonyl (C=O) groups excluding carboxylic acids is 1. The summed E-state index contributed by atoms with van der Waals surface area (Å²) in [5.41, 5.74) is 3.44. The van der Waals surface area contributed by atoms with E-state index in [1.54, 1.807) is 0 Å². The number of aromatic amines is 1. The number of ether oxygens (including phenoxy) is 2.